The summed E-state index contributed by atoms with van der Waals surface area (Å²) in [6.07, 6.45) is 0. The summed E-state index contributed by atoms with van der Waals surface area (Å²) in [6, 6.07) is 14.1. The third-order valence-corrected chi connectivity index (χ3v) is 5.48. The average Bonchev–Trinajstić information content (AvgIpc) is 2.74. The highest BCUT2D eigenvalue weighted by Crippen LogP contribution is 2.42. The molecule has 3 rings (SSSR count). The highest BCUT2D eigenvalue weighted by Gasteiger charge is 2.50. The first-order valence-electron chi connectivity index (χ1n) is 9.57. The normalized spacial score (nSPS) is 12.2. The Morgan fingerprint density at radius 1 is 0.781 bits per heavy atom. The molecule has 0 unspecified atom stereocenters. The Kier molecular flexibility index (Phi) is 6.64. The highest BCUT2D eigenvalue weighted by atomic mass is 28.1. The molecule has 0 fully saturated rings. The second kappa shape index (κ2) is 9.23. The van der Waals surface area contributed by atoms with Crippen molar-refractivity contribution in [2.24, 2.45) is 0 Å². The Hall–Kier alpha value is -3.65. The number of carbonyl (C=O) groups is 2. The summed E-state index contributed by atoms with van der Waals surface area (Å²) in [5.74, 6) is -4.06. The fourth-order valence-electron chi connectivity index (χ4n) is 3.60. The molecule has 0 aromatic heterocycles. The molecule has 0 amide bonds. The number of ether oxygens (including phenoxy) is 1. The van der Waals surface area contributed by atoms with Gasteiger partial charge in [-0.05, 0) is 66.6 Å². The minimum Gasteiger partial charge on any atom is -0.480 e. The van der Waals surface area contributed by atoms with E-state index in [1.807, 2.05) is 0 Å². The summed E-state index contributed by atoms with van der Waals surface area (Å²) >= 11 is 0. The van der Waals surface area contributed by atoms with E-state index in [1.54, 1.807) is 6.92 Å². The van der Waals surface area contributed by atoms with Crippen LogP contribution in [0.25, 0.3) is 0 Å². The topological polar surface area (TPSA) is 63.6 Å². The molecule has 0 saturated carbocycles. The number of carbonyl (C=O) groups excluding carboxylic acids is 1. The van der Waals surface area contributed by atoms with Crippen LogP contribution in [0.4, 0.5) is 13.2 Å². The maximum Gasteiger partial charge on any atom is 0.340 e. The molecular formula is C24H19F3O4Si. The van der Waals surface area contributed by atoms with Gasteiger partial charge in [-0.15, -0.1) is 0 Å². The lowest BCUT2D eigenvalue weighted by Gasteiger charge is -2.33. The van der Waals surface area contributed by atoms with Crippen LogP contribution < -0.4 is 4.74 Å². The van der Waals surface area contributed by atoms with Crippen molar-refractivity contribution in [3.05, 3.63) is 112 Å². The van der Waals surface area contributed by atoms with Gasteiger partial charge in [0.15, 0.2) is 0 Å². The number of allylic oxidation sites excluding steroid dienone is 1. The van der Waals surface area contributed by atoms with Crippen molar-refractivity contribution in [2.75, 3.05) is 0 Å². The predicted octanol–water partition coefficient (Wildman–Crippen LogP) is 3.72. The molecule has 0 aliphatic carbocycles. The largest absolute Gasteiger partial charge is 0.480 e. The van der Waals surface area contributed by atoms with Crippen molar-refractivity contribution < 1.29 is 32.6 Å². The molecule has 1 N–H and O–H groups in total. The molecular weight excluding hydrogens is 437 g/mol. The van der Waals surface area contributed by atoms with E-state index in [0.29, 0.717) is 15.4 Å². The van der Waals surface area contributed by atoms with Crippen molar-refractivity contribution in [2.45, 2.75) is 12.3 Å². The molecule has 4 nitrogen and oxygen atoms in total. The zero-order valence-electron chi connectivity index (χ0n) is 17.2. The van der Waals surface area contributed by atoms with Crippen LogP contribution in [0.5, 0.6) is 5.75 Å². The maximum atomic E-state index is 13.6. The van der Waals surface area contributed by atoms with E-state index in [-0.39, 0.29) is 22.4 Å². The minimum atomic E-state index is -2.09. The molecule has 0 bridgehead atoms. The van der Waals surface area contributed by atoms with Gasteiger partial charge in [0.25, 0.3) is 0 Å². The monoisotopic (exact) mass is 456 g/mol. The Balaban J connectivity index is 2.27. The fraction of sp³-hybridized carbons (Fsp3) is 0.0833. The van der Waals surface area contributed by atoms with E-state index >= 15 is 0 Å². The third kappa shape index (κ3) is 4.35. The molecule has 8 heteroatoms. The second-order valence-corrected chi connectivity index (χ2v) is 8.79. The van der Waals surface area contributed by atoms with Gasteiger partial charge in [0.2, 0.25) is 0 Å². The third-order valence-electron chi connectivity index (χ3n) is 4.98. The van der Waals surface area contributed by atoms with Crippen molar-refractivity contribution in [1.29, 1.82) is 0 Å². The SMILES string of the molecule is CC([SiH3])=C(C(=O)Oc1ccc(F)cc1)C(C(=O)O)(c1ccc(F)cc1)c1ccc(F)cc1. The van der Waals surface area contributed by atoms with Gasteiger partial charge in [0, 0.05) is 10.2 Å². The molecule has 32 heavy (non-hydrogen) atoms. The number of halogens is 3. The van der Waals surface area contributed by atoms with Crippen LogP contribution in [-0.4, -0.2) is 27.3 Å². The first-order chi connectivity index (χ1) is 15.2. The zero-order valence-corrected chi connectivity index (χ0v) is 19.2. The number of hydrogen-bond acceptors (Lipinski definition) is 3. The molecule has 0 radical (unpaired) electrons. The van der Waals surface area contributed by atoms with Gasteiger partial charge in [-0.25, -0.2) is 18.0 Å². The van der Waals surface area contributed by atoms with Crippen LogP contribution in [0.3, 0.4) is 0 Å². The first-order valence-corrected chi connectivity index (χ1v) is 10.6. The summed E-state index contributed by atoms with van der Waals surface area (Å²) < 4.78 is 45.9. The number of aliphatic carboxylic acids is 1. The lowest BCUT2D eigenvalue weighted by atomic mass is 9.68. The molecule has 3 aromatic carbocycles. The van der Waals surface area contributed by atoms with Crippen molar-refractivity contribution in [1.82, 2.24) is 0 Å². The van der Waals surface area contributed by atoms with Crippen molar-refractivity contribution in [3.63, 3.8) is 0 Å². The Bertz CT molecular complexity index is 1120. The van der Waals surface area contributed by atoms with Gasteiger partial charge >= 0.3 is 11.9 Å². The van der Waals surface area contributed by atoms with Gasteiger partial charge in [-0.3, -0.25) is 4.79 Å². The smallest absolute Gasteiger partial charge is 0.340 e. The molecule has 0 atom stereocenters. The van der Waals surface area contributed by atoms with E-state index in [1.165, 1.54) is 36.4 Å². The fourth-order valence-corrected chi connectivity index (χ4v) is 4.18. The average molecular weight is 456 g/mol. The van der Waals surface area contributed by atoms with E-state index in [2.05, 4.69) is 0 Å². The molecule has 0 saturated heterocycles. The molecule has 3 aromatic rings. The summed E-state index contributed by atoms with van der Waals surface area (Å²) in [7, 11) is 0.298. The predicted molar refractivity (Wildman–Crippen MR) is 116 cm³/mol. The second-order valence-electron chi connectivity index (χ2n) is 7.29. The Morgan fingerprint density at radius 3 is 1.50 bits per heavy atom. The van der Waals surface area contributed by atoms with Crippen LogP contribution in [0.2, 0.25) is 0 Å². The van der Waals surface area contributed by atoms with Crippen LogP contribution in [0.1, 0.15) is 18.1 Å². The molecule has 0 heterocycles. The van der Waals surface area contributed by atoms with Crippen molar-refractivity contribution in [3.8, 4) is 5.75 Å². The molecule has 0 aliphatic heterocycles. The highest BCUT2D eigenvalue weighted by molar-refractivity contribution is 6.25. The summed E-state index contributed by atoms with van der Waals surface area (Å²) in [4.78, 5) is 26.2. The Morgan fingerprint density at radius 2 is 1.16 bits per heavy atom. The quantitative estimate of drug-likeness (QED) is 0.266. The summed E-state index contributed by atoms with van der Waals surface area (Å²) in [6.45, 7) is 1.60. The lowest BCUT2D eigenvalue weighted by Crippen LogP contribution is -2.43. The molecule has 0 spiro atoms. The lowest BCUT2D eigenvalue weighted by molar-refractivity contribution is -0.143. The van der Waals surface area contributed by atoms with E-state index < -0.39 is 34.8 Å². The van der Waals surface area contributed by atoms with Gasteiger partial charge < -0.3 is 9.84 Å². The number of hydrogen-bond donors (Lipinski definition) is 1. The standard InChI is InChI=1S/C24H19F3O4Si/c1-14(32)21(22(28)31-20-12-10-19(27)11-13-20)24(23(29)30,15-2-6-17(25)7-3-15)16-4-8-18(26)9-5-16/h2-13H,1,32H3,(H,29,30). The Labute approximate surface area is 185 Å². The minimum absolute atomic E-state index is 0.0225. The van der Waals surface area contributed by atoms with Gasteiger partial charge in [-0.2, -0.15) is 0 Å². The van der Waals surface area contributed by atoms with Gasteiger partial charge in [-0.1, -0.05) is 29.5 Å². The number of carboxylic acid groups (broad SMARTS) is 1. The molecule has 164 valence electrons. The van der Waals surface area contributed by atoms with E-state index in [0.717, 1.165) is 36.4 Å². The van der Waals surface area contributed by atoms with Crippen LogP contribution >= 0.6 is 0 Å². The summed E-state index contributed by atoms with van der Waals surface area (Å²) in [5.41, 5.74) is -2.08. The number of esters is 1. The van der Waals surface area contributed by atoms with Crippen LogP contribution in [-0.2, 0) is 15.0 Å². The number of carboxylic acids is 1. The van der Waals surface area contributed by atoms with E-state index in [9.17, 15) is 27.9 Å². The molecule has 0 aliphatic rings. The van der Waals surface area contributed by atoms with Crippen molar-refractivity contribution >= 4 is 22.2 Å². The maximum absolute atomic E-state index is 13.6. The van der Waals surface area contributed by atoms with Crippen LogP contribution in [0.15, 0.2) is 83.6 Å². The first kappa shape index (κ1) is 23.0. The van der Waals surface area contributed by atoms with E-state index in [4.69, 9.17) is 4.74 Å². The van der Waals surface area contributed by atoms with Gasteiger partial charge in [0.1, 0.15) is 28.6 Å². The summed E-state index contributed by atoms with van der Waals surface area (Å²) in [5, 5.41) is 10.9. The number of rotatable bonds is 6. The van der Waals surface area contributed by atoms with Crippen LogP contribution in [0, 0.1) is 17.5 Å². The van der Waals surface area contributed by atoms with Gasteiger partial charge in [0.05, 0.1) is 5.57 Å². The zero-order chi connectivity index (χ0) is 23.5. The number of benzene rings is 3.